The van der Waals surface area contributed by atoms with Crippen LogP contribution in [0.15, 0.2) is 9.42 Å². The van der Waals surface area contributed by atoms with Crippen LogP contribution in [0, 0.1) is 13.8 Å². The SMILES string of the molecule is CCn1nc(CN2CCC(NS(=O)(=O)c3c(C)noc3C)CC2)c2c1CCOC2. The maximum atomic E-state index is 12.7. The summed E-state index contributed by atoms with van der Waals surface area (Å²) in [4.78, 5) is 2.51. The molecule has 4 heterocycles. The summed E-state index contributed by atoms with van der Waals surface area (Å²) < 4.78 is 41.0. The van der Waals surface area contributed by atoms with Crippen LogP contribution in [0.4, 0.5) is 0 Å². The highest BCUT2D eigenvalue weighted by atomic mass is 32.2. The van der Waals surface area contributed by atoms with Crippen molar-refractivity contribution in [2.24, 2.45) is 0 Å². The predicted molar refractivity (Wildman–Crippen MR) is 106 cm³/mol. The van der Waals surface area contributed by atoms with Crippen LogP contribution in [0.3, 0.4) is 0 Å². The fourth-order valence-electron chi connectivity index (χ4n) is 4.32. The topological polar surface area (TPSA) is 102 Å². The number of likely N-dealkylation sites (tertiary alicyclic amines) is 1. The number of nitrogens with one attached hydrogen (secondary N) is 1. The van der Waals surface area contributed by atoms with Crippen LogP contribution in [-0.2, 0) is 40.9 Å². The third kappa shape index (κ3) is 4.11. The zero-order valence-electron chi connectivity index (χ0n) is 17.3. The van der Waals surface area contributed by atoms with E-state index < -0.39 is 10.0 Å². The van der Waals surface area contributed by atoms with Gasteiger partial charge < -0.3 is 9.26 Å². The molecule has 2 aliphatic rings. The van der Waals surface area contributed by atoms with E-state index in [0.717, 1.165) is 57.7 Å². The second-order valence-electron chi connectivity index (χ2n) is 7.82. The number of fused-ring (bicyclic) bond motifs is 1. The van der Waals surface area contributed by atoms with E-state index in [9.17, 15) is 8.42 Å². The number of nitrogens with zero attached hydrogens (tertiary/aromatic N) is 4. The van der Waals surface area contributed by atoms with Crippen LogP contribution in [0.2, 0.25) is 0 Å². The van der Waals surface area contributed by atoms with Gasteiger partial charge in [-0.2, -0.15) is 5.10 Å². The lowest BCUT2D eigenvalue weighted by Crippen LogP contribution is -2.44. The highest BCUT2D eigenvalue weighted by Gasteiger charge is 2.30. The molecular formula is C19H29N5O4S. The van der Waals surface area contributed by atoms with Crippen molar-refractivity contribution < 1.29 is 17.7 Å². The van der Waals surface area contributed by atoms with Crippen molar-refractivity contribution in [1.29, 1.82) is 0 Å². The van der Waals surface area contributed by atoms with Crippen molar-refractivity contribution in [3.8, 4) is 0 Å². The molecule has 1 fully saturated rings. The Morgan fingerprint density at radius 2 is 2.00 bits per heavy atom. The Labute approximate surface area is 171 Å². The third-order valence-corrected chi connectivity index (χ3v) is 7.56. The molecule has 2 aromatic heterocycles. The Bertz CT molecular complexity index is 954. The van der Waals surface area contributed by atoms with Crippen LogP contribution >= 0.6 is 0 Å². The molecule has 1 saturated heterocycles. The second kappa shape index (κ2) is 8.17. The largest absolute Gasteiger partial charge is 0.376 e. The minimum absolute atomic E-state index is 0.0876. The zero-order chi connectivity index (χ0) is 20.6. The van der Waals surface area contributed by atoms with E-state index in [4.69, 9.17) is 14.4 Å². The summed E-state index contributed by atoms with van der Waals surface area (Å²) in [6, 6.07) is -0.0876. The molecular weight excluding hydrogens is 394 g/mol. The molecule has 29 heavy (non-hydrogen) atoms. The first-order valence-corrected chi connectivity index (χ1v) is 11.7. The molecule has 0 amide bonds. The fourth-order valence-corrected chi connectivity index (χ4v) is 5.96. The number of piperidine rings is 1. The molecule has 4 rings (SSSR count). The van der Waals surface area contributed by atoms with Crippen LogP contribution in [0.5, 0.6) is 0 Å². The molecule has 0 radical (unpaired) electrons. The van der Waals surface area contributed by atoms with Gasteiger partial charge in [0, 0.05) is 49.9 Å². The van der Waals surface area contributed by atoms with Crippen molar-refractivity contribution >= 4 is 10.0 Å². The summed E-state index contributed by atoms with van der Waals surface area (Å²) in [5.41, 5.74) is 4.03. The molecule has 0 aromatic carbocycles. The maximum Gasteiger partial charge on any atom is 0.246 e. The van der Waals surface area contributed by atoms with Gasteiger partial charge in [0.1, 0.15) is 10.6 Å². The molecule has 0 spiro atoms. The normalized spacial score (nSPS) is 18.9. The average molecular weight is 424 g/mol. The van der Waals surface area contributed by atoms with Gasteiger partial charge in [0.05, 0.1) is 18.9 Å². The molecule has 0 aliphatic carbocycles. The second-order valence-corrected chi connectivity index (χ2v) is 9.47. The first-order valence-electron chi connectivity index (χ1n) is 10.2. The van der Waals surface area contributed by atoms with Crippen molar-refractivity contribution in [1.82, 2.24) is 24.6 Å². The molecule has 0 bridgehead atoms. The number of aryl methyl sites for hydroxylation is 3. The first kappa shape index (κ1) is 20.5. The summed E-state index contributed by atoms with van der Waals surface area (Å²) in [5.74, 6) is 0.325. The number of aromatic nitrogens is 3. The van der Waals surface area contributed by atoms with E-state index in [1.54, 1.807) is 13.8 Å². The summed E-state index contributed by atoms with van der Waals surface area (Å²) in [7, 11) is -3.62. The van der Waals surface area contributed by atoms with Gasteiger partial charge in [0.15, 0.2) is 5.76 Å². The monoisotopic (exact) mass is 423 g/mol. The fraction of sp³-hybridized carbons (Fsp3) is 0.684. The zero-order valence-corrected chi connectivity index (χ0v) is 18.1. The molecule has 9 nitrogen and oxygen atoms in total. The number of sulfonamides is 1. The molecule has 160 valence electrons. The lowest BCUT2D eigenvalue weighted by Gasteiger charge is -2.32. The van der Waals surface area contributed by atoms with E-state index in [1.165, 1.54) is 11.3 Å². The van der Waals surface area contributed by atoms with Crippen LogP contribution in [-0.4, -0.2) is 54.0 Å². The minimum atomic E-state index is -3.62. The van der Waals surface area contributed by atoms with E-state index in [2.05, 4.69) is 26.4 Å². The molecule has 0 unspecified atom stereocenters. The Balaban J connectivity index is 1.37. The van der Waals surface area contributed by atoms with Gasteiger partial charge in [-0.25, -0.2) is 13.1 Å². The third-order valence-electron chi connectivity index (χ3n) is 5.80. The van der Waals surface area contributed by atoms with Crippen molar-refractivity contribution in [2.75, 3.05) is 19.7 Å². The standard InChI is InChI=1S/C19H29N5O4S/c1-4-24-18-7-10-27-12-16(18)17(20-24)11-23-8-5-15(6-9-23)22-29(25,26)19-13(2)21-28-14(19)3/h15,22H,4-12H2,1-3H3. The minimum Gasteiger partial charge on any atom is -0.376 e. The lowest BCUT2D eigenvalue weighted by atomic mass is 10.0. The summed E-state index contributed by atoms with van der Waals surface area (Å²) in [6.45, 7) is 10.1. The van der Waals surface area contributed by atoms with Crippen molar-refractivity contribution in [2.45, 2.75) is 70.7 Å². The Kier molecular flexibility index (Phi) is 5.78. The molecule has 0 saturated carbocycles. The van der Waals surface area contributed by atoms with E-state index in [1.807, 2.05) is 0 Å². The van der Waals surface area contributed by atoms with Gasteiger partial charge >= 0.3 is 0 Å². The van der Waals surface area contributed by atoms with Crippen LogP contribution in [0.25, 0.3) is 0 Å². The number of hydrogen-bond donors (Lipinski definition) is 1. The van der Waals surface area contributed by atoms with Gasteiger partial charge in [0.2, 0.25) is 10.0 Å². The van der Waals surface area contributed by atoms with E-state index in [-0.39, 0.29) is 10.9 Å². The number of ether oxygens (including phenoxy) is 1. The van der Waals surface area contributed by atoms with Gasteiger partial charge in [-0.3, -0.25) is 9.58 Å². The first-order chi connectivity index (χ1) is 13.9. The quantitative estimate of drug-likeness (QED) is 0.751. The molecule has 2 aromatic rings. The number of hydrogen-bond acceptors (Lipinski definition) is 7. The Morgan fingerprint density at radius 1 is 1.24 bits per heavy atom. The van der Waals surface area contributed by atoms with E-state index in [0.29, 0.717) is 18.1 Å². The summed E-state index contributed by atoms with van der Waals surface area (Å²) >= 11 is 0. The van der Waals surface area contributed by atoms with E-state index >= 15 is 0 Å². The highest BCUT2D eigenvalue weighted by Crippen LogP contribution is 2.24. The molecule has 0 atom stereocenters. The highest BCUT2D eigenvalue weighted by molar-refractivity contribution is 7.89. The lowest BCUT2D eigenvalue weighted by molar-refractivity contribution is 0.107. The molecule has 2 aliphatic heterocycles. The van der Waals surface area contributed by atoms with Gasteiger partial charge in [-0.05, 0) is 33.6 Å². The van der Waals surface area contributed by atoms with Crippen molar-refractivity contribution in [3.63, 3.8) is 0 Å². The number of rotatable bonds is 6. The molecule has 1 N–H and O–H groups in total. The van der Waals surface area contributed by atoms with Gasteiger partial charge in [-0.1, -0.05) is 5.16 Å². The average Bonchev–Trinajstić information content (AvgIpc) is 3.23. The Hall–Kier alpha value is -1.75. The molecule has 10 heteroatoms. The van der Waals surface area contributed by atoms with Crippen LogP contribution < -0.4 is 4.72 Å². The van der Waals surface area contributed by atoms with Crippen LogP contribution in [0.1, 0.15) is 48.2 Å². The Morgan fingerprint density at radius 3 is 2.66 bits per heavy atom. The maximum absolute atomic E-state index is 12.7. The van der Waals surface area contributed by atoms with Crippen molar-refractivity contribution in [3.05, 3.63) is 28.4 Å². The van der Waals surface area contributed by atoms with Gasteiger partial charge in [-0.15, -0.1) is 0 Å². The smallest absolute Gasteiger partial charge is 0.246 e. The summed E-state index contributed by atoms with van der Waals surface area (Å²) in [6.07, 6.45) is 2.44. The summed E-state index contributed by atoms with van der Waals surface area (Å²) in [5, 5.41) is 8.56. The predicted octanol–water partition coefficient (Wildman–Crippen LogP) is 1.52. The van der Waals surface area contributed by atoms with Gasteiger partial charge in [0.25, 0.3) is 0 Å².